The summed E-state index contributed by atoms with van der Waals surface area (Å²) in [4.78, 5) is 25.7. The molecule has 0 radical (unpaired) electrons. The largest absolute Gasteiger partial charge is 0.480 e. The number of fused-ring (bicyclic) bond motifs is 1. The lowest BCUT2D eigenvalue weighted by molar-refractivity contribution is -0.127. The van der Waals surface area contributed by atoms with Gasteiger partial charge in [-0.3, -0.25) is 9.78 Å². The van der Waals surface area contributed by atoms with Gasteiger partial charge in [-0.1, -0.05) is 36.4 Å². The van der Waals surface area contributed by atoms with E-state index in [2.05, 4.69) is 20.5 Å². The van der Waals surface area contributed by atoms with Crippen LogP contribution in [0.15, 0.2) is 47.3 Å². The summed E-state index contributed by atoms with van der Waals surface area (Å²) in [6, 6.07) is 13.7. The zero-order valence-corrected chi connectivity index (χ0v) is 13.9. The van der Waals surface area contributed by atoms with Gasteiger partial charge in [0.15, 0.2) is 6.10 Å². The number of amides is 1. The standard InChI is InChI=1S/C18H20N4O3/c1-12(17(23)19-11-5-10-16-20-18(24)22-21-16)25-15-9-4-7-13-6-2-3-8-14(13)15/h2-4,6-9,12H,5,10-11H2,1H3,(H,19,23)(H2,20,21,22,24)/t12-/m0/s1. The van der Waals surface area contributed by atoms with E-state index in [1.165, 1.54) is 0 Å². The number of nitrogens with one attached hydrogen (secondary N) is 3. The second kappa shape index (κ2) is 7.65. The van der Waals surface area contributed by atoms with Crippen LogP contribution in [-0.2, 0) is 11.2 Å². The highest BCUT2D eigenvalue weighted by Crippen LogP contribution is 2.25. The zero-order valence-electron chi connectivity index (χ0n) is 13.9. The number of carbonyl (C=O) groups is 1. The number of aromatic amines is 2. The molecule has 0 aliphatic carbocycles. The molecule has 0 fully saturated rings. The Morgan fingerprint density at radius 1 is 1.24 bits per heavy atom. The van der Waals surface area contributed by atoms with Crippen LogP contribution < -0.4 is 15.7 Å². The Kier molecular flexibility index (Phi) is 5.13. The molecule has 1 heterocycles. The van der Waals surface area contributed by atoms with E-state index in [-0.39, 0.29) is 11.6 Å². The minimum absolute atomic E-state index is 0.177. The van der Waals surface area contributed by atoms with Gasteiger partial charge in [0.1, 0.15) is 11.6 Å². The van der Waals surface area contributed by atoms with Gasteiger partial charge in [-0.25, -0.2) is 9.89 Å². The third-order valence-electron chi connectivity index (χ3n) is 3.86. The van der Waals surface area contributed by atoms with Crippen LogP contribution in [-0.4, -0.2) is 33.7 Å². The van der Waals surface area contributed by atoms with Gasteiger partial charge in [-0.15, -0.1) is 0 Å². The number of hydrogen-bond donors (Lipinski definition) is 3. The van der Waals surface area contributed by atoms with Gasteiger partial charge in [0, 0.05) is 18.4 Å². The first-order valence-electron chi connectivity index (χ1n) is 8.19. The Morgan fingerprint density at radius 2 is 2.04 bits per heavy atom. The minimum Gasteiger partial charge on any atom is -0.480 e. The third-order valence-corrected chi connectivity index (χ3v) is 3.86. The van der Waals surface area contributed by atoms with Crippen molar-refractivity contribution in [1.82, 2.24) is 20.5 Å². The van der Waals surface area contributed by atoms with Crippen molar-refractivity contribution in [1.29, 1.82) is 0 Å². The highest BCUT2D eigenvalue weighted by Gasteiger charge is 2.15. The Balaban J connectivity index is 1.51. The molecule has 0 bridgehead atoms. The van der Waals surface area contributed by atoms with Gasteiger partial charge < -0.3 is 10.1 Å². The van der Waals surface area contributed by atoms with Crippen LogP contribution in [0.3, 0.4) is 0 Å². The van der Waals surface area contributed by atoms with E-state index in [1.807, 2.05) is 42.5 Å². The van der Waals surface area contributed by atoms with E-state index >= 15 is 0 Å². The highest BCUT2D eigenvalue weighted by molar-refractivity contribution is 5.89. The number of benzene rings is 2. The van der Waals surface area contributed by atoms with Crippen molar-refractivity contribution in [2.45, 2.75) is 25.9 Å². The van der Waals surface area contributed by atoms with Crippen molar-refractivity contribution in [2.75, 3.05) is 6.54 Å². The van der Waals surface area contributed by atoms with Gasteiger partial charge in [-0.05, 0) is 24.8 Å². The molecule has 0 aliphatic heterocycles. The molecule has 130 valence electrons. The third kappa shape index (κ3) is 4.26. The average molecular weight is 340 g/mol. The first kappa shape index (κ1) is 16.8. The summed E-state index contributed by atoms with van der Waals surface area (Å²) in [5.74, 6) is 1.10. The molecule has 7 heteroatoms. The molecule has 0 aliphatic rings. The summed E-state index contributed by atoms with van der Waals surface area (Å²) in [6.07, 6.45) is 0.654. The Hall–Kier alpha value is -3.09. The molecular weight excluding hydrogens is 320 g/mol. The molecule has 3 rings (SSSR count). The molecule has 1 amide bonds. The summed E-state index contributed by atoms with van der Waals surface area (Å²) < 4.78 is 5.83. The predicted octanol–water partition coefficient (Wildman–Crippen LogP) is 1.77. The van der Waals surface area contributed by atoms with Crippen molar-refractivity contribution in [3.8, 4) is 5.75 Å². The summed E-state index contributed by atoms with van der Waals surface area (Å²) in [7, 11) is 0. The lowest BCUT2D eigenvalue weighted by Crippen LogP contribution is -2.37. The van der Waals surface area contributed by atoms with E-state index < -0.39 is 6.10 Å². The lowest BCUT2D eigenvalue weighted by atomic mass is 10.1. The highest BCUT2D eigenvalue weighted by atomic mass is 16.5. The maximum absolute atomic E-state index is 12.2. The van der Waals surface area contributed by atoms with E-state index in [4.69, 9.17) is 4.74 Å². The number of hydrogen-bond acceptors (Lipinski definition) is 4. The maximum atomic E-state index is 12.2. The molecule has 0 spiro atoms. The summed E-state index contributed by atoms with van der Waals surface area (Å²) in [6.45, 7) is 2.21. The molecule has 1 aromatic heterocycles. The Bertz CT molecular complexity index is 910. The fourth-order valence-electron chi connectivity index (χ4n) is 2.58. The fraction of sp³-hybridized carbons (Fsp3) is 0.278. The average Bonchev–Trinajstić information content (AvgIpc) is 3.04. The van der Waals surface area contributed by atoms with Gasteiger partial charge in [0.25, 0.3) is 5.91 Å². The van der Waals surface area contributed by atoms with Crippen LogP contribution in [0.5, 0.6) is 5.75 Å². The summed E-state index contributed by atoms with van der Waals surface area (Å²) >= 11 is 0. The topological polar surface area (TPSA) is 99.9 Å². The fourth-order valence-corrected chi connectivity index (χ4v) is 2.58. The molecule has 25 heavy (non-hydrogen) atoms. The predicted molar refractivity (Wildman–Crippen MR) is 94.6 cm³/mol. The molecule has 0 saturated carbocycles. The molecule has 0 saturated heterocycles. The van der Waals surface area contributed by atoms with Crippen LogP contribution in [0.25, 0.3) is 10.8 Å². The molecular formula is C18H20N4O3. The van der Waals surface area contributed by atoms with Crippen LogP contribution >= 0.6 is 0 Å². The minimum atomic E-state index is -0.601. The number of nitrogens with zero attached hydrogens (tertiary/aromatic N) is 1. The van der Waals surface area contributed by atoms with Crippen LogP contribution in [0.4, 0.5) is 0 Å². The molecule has 3 aromatic rings. The van der Waals surface area contributed by atoms with Crippen molar-refractivity contribution in [3.05, 3.63) is 58.8 Å². The van der Waals surface area contributed by atoms with Crippen molar-refractivity contribution >= 4 is 16.7 Å². The monoisotopic (exact) mass is 340 g/mol. The smallest absolute Gasteiger partial charge is 0.340 e. The quantitative estimate of drug-likeness (QED) is 0.571. The summed E-state index contributed by atoms with van der Waals surface area (Å²) in [5, 5.41) is 11.0. The van der Waals surface area contributed by atoms with Gasteiger partial charge in [0.05, 0.1) is 0 Å². The van der Waals surface area contributed by atoms with Gasteiger partial charge >= 0.3 is 5.69 Å². The second-order valence-corrected chi connectivity index (χ2v) is 5.76. The molecule has 7 nitrogen and oxygen atoms in total. The van der Waals surface area contributed by atoms with Crippen molar-refractivity contribution in [2.24, 2.45) is 0 Å². The molecule has 1 atom stereocenters. The van der Waals surface area contributed by atoms with E-state index in [1.54, 1.807) is 6.92 Å². The van der Waals surface area contributed by atoms with Crippen molar-refractivity contribution in [3.63, 3.8) is 0 Å². The number of aromatic nitrogens is 3. The number of rotatable bonds is 7. The number of aryl methyl sites for hydroxylation is 1. The first-order chi connectivity index (χ1) is 12.1. The van der Waals surface area contributed by atoms with Gasteiger partial charge in [-0.2, -0.15) is 5.10 Å². The van der Waals surface area contributed by atoms with E-state index in [9.17, 15) is 9.59 Å². The van der Waals surface area contributed by atoms with E-state index in [0.717, 1.165) is 10.8 Å². The molecule has 2 aromatic carbocycles. The SMILES string of the molecule is C[C@H](Oc1cccc2ccccc12)C(=O)NCCCc1n[nH]c(=O)[nH]1. The van der Waals surface area contributed by atoms with Crippen LogP contribution in [0.2, 0.25) is 0 Å². The van der Waals surface area contributed by atoms with Crippen LogP contribution in [0.1, 0.15) is 19.2 Å². The Labute approximate surface area is 144 Å². The second-order valence-electron chi connectivity index (χ2n) is 5.76. The van der Waals surface area contributed by atoms with Crippen LogP contribution in [0, 0.1) is 0 Å². The maximum Gasteiger partial charge on any atom is 0.340 e. The first-order valence-corrected chi connectivity index (χ1v) is 8.19. The summed E-state index contributed by atoms with van der Waals surface area (Å²) in [5.41, 5.74) is -0.323. The number of ether oxygens (including phenoxy) is 1. The van der Waals surface area contributed by atoms with Gasteiger partial charge in [0.2, 0.25) is 0 Å². The zero-order chi connectivity index (χ0) is 17.6. The molecule has 0 unspecified atom stereocenters. The Morgan fingerprint density at radius 3 is 2.84 bits per heavy atom. The lowest BCUT2D eigenvalue weighted by Gasteiger charge is -2.16. The molecule has 3 N–H and O–H groups in total. The normalized spacial score (nSPS) is 12.0. The van der Waals surface area contributed by atoms with E-state index in [0.29, 0.717) is 31.0 Å². The number of carbonyl (C=O) groups excluding carboxylic acids is 1. The number of H-pyrrole nitrogens is 2. The van der Waals surface area contributed by atoms with Crippen molar-refractivity contribution < 1.29 is 9.53 Å².